The molecule has 0 unspecified atom stereocenters. The third-order valence-corrected chi connectivity index (χ3v) is 3.01. The van der Waals surface area contributed by atoms with Crippen LogP contribution in [0.5, 0.6) is 0 Å². The zero-order chi connectivity index (χ0) is 15.1. The summed E-state index contributed by atoms with van der Waals surface area (Å²) in [4.78, 5) is 7.47. The predicted octanol–water partition coefficient (Wildman–Crippen LogP) is 3.08. The Morgan fingerprint density at radius 2 is 1.05 bits per heavy atom. The Hall–Kier alpha value is -1.96. The van der Waals surface area contributed by atoms with Gasteiger partial charge in [-0.3, -0.25) is 13.6 Å². The predicted molar refractivity (Wildman–Crippen MR) is 67.5 cm³/mol. The molecule has 0 aromatic carbocycles. The monoisotopic (exact) mass is 305 g/mol. The summed E-state index contributed by atoms with van der Waals surface area (Å²) in [7, 11) is -3.89. The molecule has 0 atom stereocenters. The maximum Gasteiger partial charge on any atom is 0.474 e. The highest BCUT2D eigenvalue weighted by molar-refractivity contribution is 7.48. The summed E-state index contributed by atoms with van der Waals surface area (Å²) in [5, 5.41) is 9.55. The molecular formula is C6H12N9O4P. The van der Waals surface area contributed by atoms with Crippen LogP contribution in [0, 0.1) is 0 Å². The van der Waals surface area contributed by atoms with Gasteiger partial charge in [0.1, 0.15) is 0 Å². The maximum atomic E-state index is 12.0. The Balaban J connectivity index is 4.31. The van der Waals surface area contributed by atoms with E-state index in [9.17, 15) is 4.57 Å². The van der Waals surface area contributed by atoms with E-state index >= 15 is 0 Å². The van der Waals surface area contributed by atoms with E-state index in [2.05, 4.69) is 30.1 Å². The number of nitrogens with zero attached hydrogens (tertiary/aromatic N) is 9. The van der Waals surface area contributed by atoms with Crippen LogP contribution >= 0.6 is 7.82 Å². The van der Waals surface area contributed by atoms with Gasteiger partial charge < -0.3 is 0 Å². The van der Waals surface area contributed by atoms with Gasteiger partial charge >= 0.3 is 7.82 Å². The van der Waals surface area contributed by atoms with E-state index in [1.54, 1.807) is 0 Å². The van der Waals surface area contributed by atoms with E-state index < -0.39 is 7.82 Å². The topological polar surface area (TPSA) is 191 Å². The fourth-order valence-electron chi connectivity index (χ4n) is 0.826. The van der Waals surface area contributed by atoms with Crippen LogP contribution in [0.3, 0.4) is 0 Å². The van der Waals surface area contributed by atoms with Crippen molar-refractivity contribution in [3.05, 3.63) is 31.3 Å². The first-order chi connectivity index (χ1) is 9.68. The van der Waals surface area contributed by atoms with Crippen LogP contribution in [0.4, 0.5) is 0 Å². The van der Waals surface area contributed by atoms with Gasteiger partial charge in [0.15, 0.2) is 0 Å². The van der Waals surface area contributed by atoms with Crippen LogP contribution in [0.15, 0.2) is 15.3 Å². The summed E-state index contributed by atoms with van der Waals surface area (Å²) in [6.07, 6.45) is 0. The summed E-state index contributed by atoms with van der Waals surface area (Å²) in [6, 6.07) is 0. The van der Waals surface area contributed by atoms with Crippen LogP contribution in [0.2, 0.25) is 0 Å². The molecule has 0 amide bonds. The lowest BCUT2D eigenvalue weighted by Crippen LogP contribution is -2.07. The molecule has 14 heteroatoms. The van der Waals surface area contributed by atoms with Crippen molar-refractivity contribution in [1.29, 1.82) is 0 Å². The summed E-state index contributed by atoms with van der Waals surface area (Å²) in [5.74, 6) is 0. The molecular weight excluding hydrogens is 293 g/mol. The van der Waals surface area contributed by atoms with Gasteiger partial charge in [0.25, 0.3) is 0 Å². The van der Waals surface area contributed by atoms with Crippen molar-refractivity contribution in [1.82, 2.24) is 0 Å². The van der Waals surface area contributed by atoms with Gasteiger partial charge in [-0.2, -0.15) is 0 Å². The highest BCUT2D eigenvalue weighted by atomic mass is 31.2. The second-order valence-corrected chi connectivity index (χ2v) is 4.48. The minimum absolute atomic E-state index is 0.0556. The Morgan fingerprint density at radius 3 is 1.30 bits per heavy atom. The molecule has 110 valence electrons. The lowest BCUT2D eigenvalue weighted by Gasteiger charge is -2.16. The summed E-state index contributed by atoms with van der Waals surface area (Å²) >= 11 is 0. The molecule has 0 aliphatic rings. The van der Waals surface area contributed by atoms with Crippen molar-refractivity contribution < 1.29 is 18.1 Å². The van der Waals surface area contributed by atoms with Gasteiger partial charge in [-0.1, -0.05) is 15.3 Å². The van der Waals surface area contributed by atoms with E-state index in [0.29, 0.717) is 0 Å². The van der Waals surface area contributed by atoms with Crippen LogP contribution in [0.1, 0.15) is 0 Å². The lowest BCUT2D eigenvalue weighted by molar-refractivity contribution is 0.120. The maximum absolute atomic E-state index is 12.0. The van der Waals surface area contributed by atoms with Gasteiger partial charge in [0, 0.05) is 34.4 Å². The Labute approximate surface area is 113 Å². The zero-order valence-corrected chi connectivity index (χ0v) is 11.2. The summed E-state index contributed by atoms with van der Waals surface area (Å²) in [5.41, 5.74) is 24.2. The number of phosphoric acid groups is 1. The van der Waals surface area contributed by atoms with Crippen molar-refractivity contribution in [3.63, 3.8) is 0 Å². The number of phosphoric ester groups is 1. The minimum atomic E-state index is -3.89. The zero-order valence-electron chi connectivity index (χ0n) is 10.3. The van der Waals surface area contributed by atoms with Crippen LogP contribution < -0.4 is 0 Å². The highest BCUT2D eigenvalue weighted by Gasteiger charge is 2.25. The van der Waals surface area contributed by atoms with E-state index in [0.717, 1.165) is 0 Å². The molecule has 13 nitrogen and oxygen atoms in total. The summed E-state index contributed by atoms with van der Waals surface area (Å²) < 4.78 is 26.6. The number of rotatable bonds is 12. The SMILES string of the molecule is [N-]=[N+]=NCCOP(=O)(OCCN=[N+]=[N-])OCCN=[N+]=[N-]. The van der Waals surface area contributed by atoms with Crippen LogP contribution in [0.25, 0.3) is 31.3 Å². The molecule has 0 aliphatic heterocycles. The van der Waals surface area contributed by atoms with Gasteiger partial charge in [-0.15, -0.1) is 0 Å². The second-order valence-electron chi connectivity index (χ2n) is 2.81. The largest absolute Gasteiger partial charge is 0.474 e. The normalized spacial score (nSPS) is 12.4. The van der Waals surface area contributed by atoms with E-state index in [4.69, 9.17) is 30.2 Å². The van der Waals surface area contributed by atoms with E-state index in [1.165, 1.54) is 0 Å². The molecule has 0 fully saturated rings. The van der Waals surface area contributed by atoms with Crippen molar-refractivity contribution in [2.45, 2.75) is 0 Å². The first kappa shape index (κ1) is 18.0. The Bertz CT molecular complexity index is 398. The van der Waals surface area contributed by atoms with Gasteiger partial charge in [0.2, 0.25) is 0 Å². The van der Waals surface area contributed by atoms with Crippen LogP contribution in [-0.4, -0.2) is 39.5 Å². The first-order valence-electron chi connectivity index (χ1n) is 5.25. The molecule has 0 saturated carbocycles. The van der Waals surface area contributed by atoms with Crippen molar-refractivity contribution in [2.24, 2.45) is 15.3 Å². The molecule has 0 rings (SSSR count). The fourth-order valence-corrected chi connectivity index (χ4v) is 1.97. The van der Waals surface area contributed by atoms with E-state index in [1.807, 2.05) is 0 Å². The van der Waals surface area contributed by atoms with Crippen molar-refractivity contribution in [3.8, 4) is 0 Å². The molecule has 0 N–H and O–H groups in total. The number of azide groups is 3. The average Bonchev–Trinajstić information content (AvgIpc) is 2.45. The number of hydrogen-bond donors (Lipinski definition) is 0. The molecule has 0 heterocycles. The highest BCUT2D eigenvalue weighted by Crippen LogP contribution is 2.49. The standard InChI is InChI=1S/C6H12N9O4P/c7-13-10-1-4-17-20(16,18-5-2-11-14-8)19-6-3-12-15-9/h1-6H2. The Morgan fingerprint density at radius 1 is 0.750 bits per heavy atom. The molecule has 0 bridgehead atoms. The summed E-state index contributed by atoms with van der Waals surface area (Å²) in [6.45, 7) is -0.696. The third kappa shape index (κ3) is 10.0. The minimum Gasteiger partial charge on any atom is -0.287 e. The molecule has 0 spiro atoms. The average molecular weight is 305 g/mol. The van der Waals surface area contributed by atoms with Crippen molar-refractivity contribution >= 4 is 7.82 Å². The quantitative estimate of drug-likeness (QED) is 0.176. The lowest BCUT2D eigenvalue weighted by atomic mass is 10.7. The second kappa shape index (κ2) is 12.1. The van der Waals surface area contributed by atoms with Crippen LogP contribution in [-0.2, 0) is 18.1 Å². The molecule has 0 saturated heterocycles. The van der Waals surface area contributed by atoms with E-state index in [-0.39, 0.29) is 39.5 Å². The molecule has 0 radical (unpaired) electrons. The third-order valence-electron chi connectivity index (χ3n) is 1.51. The van der Waals surface area contributed by atoms with Crippen molar-refractivity contribution in [2.75, 3.05) is 39.5 Å². The number of hydrogen-bond acceptors (Lipinski definition) is 7. The van der Waals surface area contributed by atoms with Gasteiger partial charge in [-0.05, 0) is 16.6 Å². The molecule has 20 heavy (non-hydrogen) atoms. The van der Waals surface area contributed by atoms with Gasteiger partial charge in [0.05, 0.1) is 19.8 Å². The molecule has 0 aliphatic carbocycles. The molecule has 0 aromatic rings. The Kier molecular flexibility index (Phi) is 10.9. The fraction of sp³-hybridized carbons (Fsp3) is 1.00. The molecule has 0 aromatic heterocycles. The smallest absolute Gasteiger partial charge is 0.287 e. The van der Waals surface area contributed by atoms with Gasteiger partial charge in [-0.25, -0.2) is 4.57 Å². The first-order valence-corrected chi connectivity index (χ1v) is 6.71.